The minimum atomic E-state index is -4.06. The van der Waals surface area contributed by atoms with Gasteiger partial charge in [-0.05, 0) is 60.4 Å². The zero-order chi connectivity index (χ0) is 36.6. The van der Waals surface area contributed by atoms with Gasteiger partial charge in [-0.25, -0.2) is 23.0 Å². The number of fused-ring (bicyclic) bond motifs is 5. The van der Waals surface area contributed by atoms with Crippen molar-refractivity contribution in [3.8, 4) is 17.1 Å². The Morgan fingerprint density at radius 3 is 2.44 bits per heavy atom. The van der Waals surface area contributed by atoms with Gasteiger partial charge in [-0.1, -0.05) is 62.4 Å². The Morgan fingerprint density at radius 1 is 1.00 bits per heavy atom. The number of cyclic esters (lactones) is 1. The zero-order valence-electron chi connectivity index (χ0n) is 28.8. The first kappa shape index (κ1) is 34.6. The number of para-hydroxylation sites is 1. The predicted molar refractivity (Wildman–Crippen MR) is 194 cm³/mol. The minimum Gasteiger partial charge on any atom is -0.497 e. The molecule has 0 unspecified atom stereocenters. The largest absolute Gasteiger partial charge is 0.497 e. The third-order valence-electron chi connectivity index (χ3n) is 9.56. The molecule has 0 bridgehead atoms. The molecule has 4 heterocycles. The van der Waals surface area contributed by atoms with Gasteiger partial charge >= 0.3 is 11.9 Å². The van der Waals surface area contributed by atoms with Crippen LogP contribution in [-0.4, -0.2) is 49.4 Å². The molecule has 2 aliphatic heterocycles. The summed E-state index contributed by atoms with van der Waals surface area (Å²) in [6, 6.07) is 24.2. The topological polar surface area (TPSA) is 155 Å². The lowest BCUT2D eigenvalue weighted by molar-refractivity contribution is -0.188. The summed E-state index contributed by atoms with van der Waals surface area (Å²) in [5.41, 5.74) is 2.84. The van der Waals surface area contributed by atoms with Crippen LogP contribution in [0.15, 0.2) is 99.6 Å². The van der Waals surface area contributed by atoms with Crippen molar-refractivity contribution in [1.82, 2.24) is 14.3 Å². The SMILES string of the molecule is CCc1c2c(nc3ccccc13)-c1cc3c(c(=O)n1C2)COC(=O)[C@@]3(CC)OC(=O)CN=C(Cc1ccc(OC)cc1)NS(=O)(=O)c1ccccc1. The van der Waals surface area contributed by atoms with Crippen LogP contribution in [0.25, 0.3) is 22.3 Å². The van der Waals surface area contributed by atoms with E-state index >= 15 is 0 Å². The first-order chi connectivity index (χ1) is 25.1. The lowest BCUT2D eigenvalue weighted by Crippen LogP contribution is -2.48. The smallest absolute Gasteiger partial charge is 0.355 e. The van der Waals surface area contributed by atoms with Gasteiger partial charge in [0.05, 0.1) is 41.0 Å². The number of esters is 2. The van der Waals surface area contributed by atoms with E-state index in [0.29, 0.717) is 29.2 Å². The highest BCUT2D eigenvalue weighted by atomic mass is 32.2. The van der Waals surface area contributed by atoms with Gasteiger partial charge in [0, 0.05) is 22.9 Å². The second kappa shape index (κ2) is 13.7. The Bertz CT molecular complexity index is 2430. The van der Waals surface area contributed by atoms with Gasteiger partial charge in [-0.15, -0.1) is 0 Å². The molecule has 0 radical (unpaired) electrons. The van der Waals surface area contributed by atoms with Crippen molar-refractivity contribution in [2.24, 2.45) is 4.99 Å². The van der Waals surface area contributed by atoms with Crippen molar-refractivity contribution in [2.45, 2.75) is 56.8 Å². The van der Waals surface area contributed by atoms with Crippen LogP contribution in [0.2, 0.25) is 0 Å². The van der Waals surface area contributed by atoms with Crippen LogP contribution in [0.5, 0.6) is 5.75 Å². The predicted octanol–water partition coefficient (Wildman–Crippen LogP) is 4.82. The summed E-state index contributed by atoms with van der Waals surface area (Å²) >= 11 is 0. The number of hydrogen-bond donors (Lipinski definition) is 1. The van der Waals surface area contributed by atoms with Crippen LogP contribution in [0.4, 0.5) is 0 Å². The first-order valence-electron chi connectivity index (χ1n) is 16.9. The average Bonchev–Trinajstić information content (AvgIpc) is 3.53. The summed E-state index contributed by atoms with van der Waals surface area (Å²) in [6.07, 6.45) is 0.722. The molecule has 5 aromatic rings. The van der Waals surface area contributed by atoms with Crippen molar-refractivity contribution in [1.29, 1.82) is 0 Å². The van der Waals surface area contributed by atoms with E-state index in [1.807, 2.05) is 24.3 Å². The summed E-state index contributed by atoms with van der Waals surface area (Å²) in [5, 5.41) is 1.02. The molecule has 0 saturated carbocycles. The van der Waals surface area contributed by atoms with Gasteiger partial charge in [-0.2, -0.15) is 0 Å². The van der Waals surface area contributed by atoms with Crippen LogP contribution < -0.4 is 15.0 Å². The highest BCUT2D eigenvalue weighted by Gasteiger charge is 2.50. The molecule has 1 atom stereocenters. The lowest BCUT2D eigenvalue weighted by Gasteiger charge is -2.35. The molecule has 2 aromatic heterocycles. The highest BCUT2D eigenvalue weighted by Crippen LogP contribution is 2.42. The third-order valence-corrected chi connectivity index (χ3v) is 11.0. The number of nitrogens with one attached hydrogen (secondary N) is 1. The van der Waals surface area contributed by atoms with Gasteiger partial charge in [0.1, 0.15) is 24.7 Å². The molecular weight excluding hydrogens is 685 g/mol. The molecule has 0 saturated heterocycles. The monoisotopic (exact) mass is 720 g/mol. The molecule has 12 nitrogen and oxygen atoms in total. The van der Waals surface area contributed by atoms with Crippen molar-refractivity contribution in [3.63, 3.8) is 0 Å². The van der Waals surface area contributed by atoms with E-state index in [2.05, 4.69) is 16.6 Å². The van der Waals surface area contributed by atoms with Gasteiger partial charge in [0.25, 0.3) is 15.6 Å². The molecule has 0 amide bonds. The van der Waals surface area contributed by atoms with E-state index in [-0.39, 0.29) is 46.9 Å². The maximum atomic E-state index is 14.1. The van der Waals surface area contributed by atoms with E-state index in [1.165, 1.54) is 19.2 Å². The second-order valence-electron chi connectivity index (χ2n) is 12.5. The number of amidine groups is 1. The van der Waals surface area contributed by atoms with Crippen LogP contribution >= 0.6 is 0 Å². The number of sulfonamides is 1. The molecule has 3 aromatic carbocycles. The number of carbonyl (C=O) groups excluding carboxylic acids is 2. The number of hydrogen-bond acceptors (Lipinski definition) is 10. The van der Waals surface area contributed by atoms with Crippen molar-refractivity contribution in [2.75, 3.05) is 13.7 Å². The van der Waals surface area contributed by atoms with Gasteiger partial charge in [0.15, 0.2) is 0 Å². The average molecular weight is 721 g/mol. The van der Waals surface area contributed by atoms with E-state index in [9.17, 15) is 22.8 Å². The Kier molecular flexibility index (Phi) is 9.13. The van der Waals surface area contributed by atoms with Crippen LogP contribution in [0.1, 0.15) is 48.1 Å². The van der Waals surface area contributed by atoms with Crippen molar-refractivity contribution in [3.05, 3.63) is 123 Å². The number of pyridine rings is 2. The summed E-state index contributed by atoms with van der Waals surface area (Å²) in [6.45, 7) is 3.13. The number of aromatic nitrogens is 2. The fourth-order valence-electron chi connectivity index (χ4n) is 6.94. The fourth-order valence-corrected chi connectivity index (χ4v) is 8.02. The quantitative estimate of drug-likeness (QED) is 0.119. The Hall–Kier alpha value is -5.82. The number of aryl methyl sites for hydroxylation is 1. The van der Waals surface area contributed by atoms with E-state index in [1.54, 1.807) is 60.0 Å². The molecule has 2 aliphatic rings. The number of ether oxygens (including phenoxy) is 3. The summed E-state index contributed by atoms with van der Waals surface area (Å²) < 4.78 is 47.3. The van der Waals surface area contributed by atoms with E-state index < -0.39 is 34.1 Å². The van der Waals surface area contributed by atoms with Gasteiger partial charge in [0.2, 0.25) is 5.60 Å². The number of benzene rings is 3. The lowest BCUT2D eigenvalue weighted by atomic mass is 9.85. The maximum absolute atomic E-state index is 14.1. The fraction of sp³-hybridized carbons (Fsp3) is 0.256. The van der Waals surface area contributed by atoms with E-state index in [0.717, 1.165) is 28.5 Å². The van der Waals surface area contributed by atoms with Gasteiger partial charge in [-0.3, -0.25) is 14.5 Å². The molecule has 0 spiro atoms. The van der Waals surface area contributed by atoms with Crippen molar-refractivity contribution < 1.29 is 32.2 Å². The summed E-state index contributed by atoms with van der Waals surface area (Å²) in [7, 11) is -2.53. The normalized spacial score (nSPS) is 16.4. The standard InChI is InChI=1S/C39H36N4O8S/c1-4-27-28-13-9-10-14-32(28)41-36-29(27)22-43-33(36)20-31-30(37(43)45)23-50-38(46)39(31,5-2)51-35(44)21-40-34(19-24-15-17-25(49-3)18-16-24)42-52(47,48)26-11-7-6-8-12-26/h6-18,20H,4-5,19,21-23H2,1-3H3,(H,40,42)/t39-/m0/s1. The summed E-state index contributed by atoms with van der Waals surface area (Å²) in [4.78, 5) is 50.5. The maximum Gasteiger partial charge on any atom is 0.355 e. The molecule has 266 valence electrons. The molecule has 1 N–H and O–H groups in total. The first-order valence-corrected chi connectivity index (χ1v) is 18.4. The summed E-state index contributed by atoms with van der Waals surface area (Å²) in [5.74, 6) is -1.15. The Balaban J connectivity index is 1.23. The van der Waals surface area contributed by atoms with Crippen LogP contribution in [0.3, 0.4) is 0 Å². The zero-order valence-corrected chi connectivity index (χ0v) is 29.7. The number of carbonyl (C=O) groups is 2. The molecule has 7 rings (SSSR count). The highest BCUT2D eigenvalue weighted by molar-refractivity contribution is 7.90. The van der Waals surface area contributed by atoms with E-state index in [4.69, 9.17) is 19.2 Å². The van der Waals surface area contributed by atoms with Gasteiger partial charge < -0.3 is 18.8 Å². The molecule has 0 aliphatic carbocycles. The number of rotatable bonds is 10. The Morgan fingerprint density at radius 2 is 1.73 bits per heavy atom. The Labute approximate surface area is 300 Å². The molecule has 13 heteroatoms. The molecule has 52 heavy (non-hydrogen) atoms. The van der Waals surface area contributed by atoms with Crippen LogP contribution in [-0.2, 0) is 60.7 Å². The number of nitrogens with zero attached hydrogens (tertiary/aromatic N) is 3. The van der Waals surface area contributed by atoms with Crippen molar-refractivity contribution >= 4 is 38.7 Å². The van der Waals surface area contributed by atoms with Crippen LogP contribution in [0, 0.1) is 0 Å². The second-order valence-corrected chi connectivity index (χ2v) is 14.2. The number of methoxy groups -OCH3 is 1. The number of aliphatic imine (C=N–C) groups is 1. The molecular formula is C39H36N4O8S. The minimum absolute atomic E-state index is 0.0143. The third kappa shape index (κ3) is 6.10. The molecule has 0 fully saturated rings.